The van der Waals surface area contributed by atoms with Gasteiger partial charge in [0.1, 0.15) is 0 Å². The van der Waals surface area contributed by atoms with Crippen LogP contribution in [0.1, 0.15) is 4.88 Å². The van der Waals surface area contributed by atoms with Gasteiger partial charge >= 0.3 is 6.03 Å². The third kappa shape index (κ3) is 4.01. The Kier molecular flexibility index (Phi) is 4.55. The monoisotopic (exact) mass is 281 g/mol. The first kappa shape index (κ1) is 12.9. The van der Waals surface area contributed by atoms with Crippen LogP contribution >= 0.6 is 22.9 Å². The molecule has 0 atom stereocenters. The Labute approximate surface area is 114 Å². The number of aromatic nitrogens is 1. The highest BCUT2D eigenvalue weighted by molar-refractivity contribution is 7.16. The predicted octanol–water partition coefficient (Wildman–Crippen LogP) is 3.16. The van der Waals surface area contributed by atoms with Crippen molar-refractivity contribution in [2.75, 3.05) is 11.9 Å². The molecular weight excluding hydrogens is 270 g/mol. The van der Waals surface area contributed by atoms with Crippen molar-refractivity contribution in [3.8, 4) is 0 Å². The van der Waals surface area contributed by atoms with E-state index in [0.717, 1.165) is 15.6 Å². The van der Waals surface area contributed by atoms with E-state index in [1.165, 1.54) is 11.3 Å². The zero-order chi connectivity index (χ0) is 12.8. The van der Waals surface area contributed by atoms with Crippen LogP contribution in [-0.2, 0) is 6.42 Å². The molecule has 0 aromatic carbocycles. The minimum absolute atomic E-state index is 0.231. The van der Waals surface area contributed by atoms with E-state index in [2.05, 4.69) is 15.6 Å². The van der Waals surface area contributed by atoms with Gasteiger partial charge in [-0.15, -0.1) is 11.3 Å². The van der Waals surface area contributed by atoms with Crippen molar-refractivity contribution in [1.82, 2.24) is 10.3 Å². The fraction of sp³-hybridized carbons (Fsp3) is 0.167. The molecule has 0 bridgehead atoms. The molecule has 6 heteroatoms. The second kappa shape index (κ2) is 6.37. The highest BCUT2D eigenvalue weighted by atomic mass is 35.5. The second-order valence-corrected chi connectivity index (χ2v) is 5.38. The van der Waals surface area contributed by atoms with Gasteiger partial charge in [-0.3, -0.25) is 4.98 Å². The fourth-order valence-electron chi connectivity index (χ4n) is 1.40. The third-order valence-electron chi connectivity index (χ3n) is 2.21. The molecule has 18 heavy (non-hydrogen) atoms. The Morgan fingerprint density at radius 1 is 1.39 bits per heavy atom. The summed E-state index contributed by atoms with van der Waals surface area (Å²) in [5, 5.41) is 5.47. The van der Waals surface area contributed by atoms with Gasteiger partial charge in [0.05, 0.1) is 16.2 Å². The molecule has 94 valence electrons. The summed E-state index contributed by atoms with van der Waals surface area (Å²) in [5.41, 5.74) is 0.675. The molecule has 4 nitrogen and oxygen atoms in total. The molecule has 0 radical (unpaired) electrons. The molecule has 0 aliphatic carbocycles. The zero-order valence-electron chi connectivity index (χ0n) is 9.52. The van der Waals surface area contributed by atoms with Crippen LogP contribution in [-0.4, -0.2) is 17.6 Å². The van der Waals surface area contributed by atoms with Crippen molar-refractivity contribution in [1.29, 1.82) is 0 Å². The zero-order valence-corrected chi connectivity index (χ0v) is 11.1. The number of pyridine rings is 1. The van der Waals surface area contributed by atoms with Crippen LogP contribution in [0.5, 0.6) is 0 Å². The van der Waals surface area contributed by atoms with Crippen molar-refractivity contribution in [3.05, 3.63) is 45.9 Å². The maximum absolute atomic E-state index is 11.5. The number of anilines is 1. The van der Waals surface area contributed by atoms with Crippen LogP contribution in [0.25, 0.3) is 0 Å². The number of urea groups is 1. The van der Waals surface area contributed by atoms with Crippen LogP contribution in [0.3, 0.4) is 0 Å². The van der Waals surface area contributed by atoms with E-state index in [1.54, 1.807) is 24.5 Å². The number of thiophene rings is 1. The Morgan fingerprint density at radius 3 is 2.94 bits per heavy atom. The number of hydrogen-bond donors (Lipinski definition) is 2. The van der Waals surface area contributed by atoms with Gasteiger partial charge in [-0.1, -0.05) is 11.6 Å². The number of hydrogen-bond acceptors (Lipinski definition) is 3. The topological polar surface area (TPSA) is 54.0 Å². The minimum atomic E-state index is -0.231. The quantitative estimate of drug-likeness (QED) is 0.904. The van der Waals surface area contributed by atoms with Crippen LogP contribution in [0.4, 0.5) is 10.5 Å². The van der Waals surface area contributed by atoms with E-state index in [-0.39, 0.29) is 6.03 Å². The molecule has 2 rings (SSSR count). The van der Waals surface area contributed by atoms with E-state index in [9.17, 15) is 4.79 Å². The number of nitrogens with zero attached hydrogens (tertiary/aromatic N) is 1. The Morgan fingerprint density at radius 2 is 2.28 bits per heavy atom. The Hall–Kier alpha value is -1.59. The smallest absolute Gasteiger partial charge is 0.319 e. The molecule has 2 N–H and O–H groups in total. The molecule has 0 saturated heterocycles. The van der Waals surface area contributed by atoms with E-state index in [4.69, 9.17) is 11.6 Å². The molecule has 0 saturated carbocycles. The fourth-order valence-corrected chi connectivity index (χ4v) is 2.48. The first-order valence-corrected chi connectivity index (χ1v) is 6.62. The molecule has 2 aromatic heterocycles. The van der Waals surface area contributed by atoms with Gasteiger partial charge in [0, 0.05) is 17.6 Å². The highest BCUT2D eigenvalue weighted by Crippen LogP contribution is 2.21. The Balaban J connectivity index is 1.72. The molecule has 0 spiro atoms. The van der Waals surface area contributed by atoms with Crippen molar-refractivity contribution >= 4 is 34.7 Å². The van der Waals surface area contributed by atoms with Crippen LogP contribution in [0.2, 0.25) is 4.34 Å². The average molecular weight is 282 g/mol. The molecule has 0 aliphatic heterocycles. The van der Waals surface area contributed by atoms with Gasteiger partial charge in [0.25, 0.3) is 0 Å². The van der Waals surface area contributed by atoms with Crippen molar-refractivity contribution in [2.24, 2.45) is 0 Å². The summed E-state index contributed by atoms with van der Waals surface area (Å²) >= 11 is 7.35. The first-order valence-electron chi connectivity index (χ1n) is 5.43. The van der Waals surface area contributed by atoms with Gasteiger partial charge in [0.15, 0.2) is 0 Å². The molecule has 2 aromatic rings. The highest BCUT2D eigenvalue weighted by Gasteiger charge is 2.02. The molecule has 2 heterocycles. The standard InChI is InChI=1S/C12H12ClN3OS/c13-11-4-3-10(18-11)5-7-15-12(17)16-9-2-1-6-14-8-9/h1-4,6,8H,5,7H2,(H2,15,16,17). The van der Waals surface area contributed by atoms with Gasteiger partial charge in [-0.25, -0.2) is 4.79 Å². The molecule has 2 amide bonds. The summed E-state index contributed by atoms with van der Waals surface area (Å²) in [6.07, 6.45) is 4.03. The average Bonchev–Trinajstić information content (AvgIpc) is 2.76. The van der Waals surface area contributed by atoms with Crippen LogP contribution in [0, 0.1) is 0 Å². The van der Waals surface area contributed by atoms with Crippen molar-refractivity contribution in [3.63, 3.8) is 0 Å². The lowest BCUT2D eigenvalue weighted by molar-refractivity contribution is 0.252. The lowest BCUT2D eigenvalue weighted by atomic mass is 10.3. The summed E-state index contributed by atoms with van der Waals surface area (Å²) < 4.78 is 0.768. The molecule has 0 aliphatic rings. The number of carbonyl (C=O) groups excluding carboxylic acids is 1. The van der Waals surface area contributed by atoms with E-state index < -0.39 is 0 Å². The third-order valence-corrected chi connectivity index (χ3v) is 3.50. The molecular formula is C12H12ClN3OS. The van der Waals surface area contributed by atoms with E-state index >= 15 is 0 Å². The summed E-state index contributed by atoms with van der Waals surface area (Å²) in [4.78, 5) is 16.6. The number of amides is 2. The predicted molar refractivity (Wildman–Crippen MR) is 74.3 cm³/mol. The second-order valence-electron chi connectivity index (χ2n) is 3.58. The minimum Gasteiger partial charge on any atom is -0.338 e. The SMILES string of the molecule is O=C(NCCc1ccc(Cl)s1)Nc1cccnc1. The first-order chi connectivity index (χ1) is 8.74. The lowest BCUT2D eigenvalue weighted by Gasteiger charge is -2.06. The van der Waals surface area contributed by atoms with Gasteiger partial charge < -0.3 is 10.6 Å². The maximum Gasteiger partial charge on any atom is 0.319 e. The number of rotatable bonds is 4. The van der Waals surface area contributed by atoms with Gasteiger partial charge in [0.2, 0.25) is 0 Å². The van der Waals surface area contributed by atoms with Crippen LogP contribution in [0.15, 0.2) is 36.7 Å². The van der Waals surface area contributed by atoms with Gasteiger partial charge in [-0.2, -0.15) is 0 Å². The molecule has 0 unspecified atom stereocenters. The van der Waals surface area contributed by atoms with Crippen molar-refractivity contribution < 1.29 is 4.79 Å². The van der Waals surface area contributed by atoms with E-state index in [0.29, 0.717) is 12.2 Å². The number of halogens is 1. The van der Waals surface area contributed by atoms with E-state index in [1.807, 2.05) is 12.1 Å². The summed E-state index contributed by atoms with van der Waals surface area (Å²) in [6, 6.07) is 7.14. The maximum atomic E-state index is 11.5. The number of nitrogens with one attached hydrogen (secondary N) is 2. The molecule has 0 fully saturated rings. The number of carbonyl (C=O) groups is 1. The van der Waals surface area contributed by atoms with Crippen molar-refractivity contribution in [2.45, 2.75) is 6.42 Å². The van der Waals surface area contributed by atoms with Crippen LogP contribution < -0.4 is 10.6 Å². The summed E-state index contributed by atoms with van der Waals surface area (Å²) in [7, 11) is 0. The summed E-state index contributed by atoms with van der Waals surface area (Å²) in [5.74, 6) is 0. The largest absolute Gasteiger partial charge is 0.338 e. The van der Waals surface area contributed by atoms with Gasteiger partial charge in [-0.05, 0) is 30.7 Å². The normalized spacial score (nSPS) is 10.1. The Bertz CT molecular complexity index is 515. The summed E-state index contributed by atoms with van der Waals surface area (Å²) in [6.45, 7) is 0.572. The lowest BCUT2D eigenvalue weighted by Crippen LogP contribution is -2.30.